The van der Waals surface area contributed by atoms with Crippen LogP contribution in [-0.4, -0.2) is 18.6 Å². The van der Waals surface area contributed by atoms with Crippen molar-refractivity contribution in [1.82, 2.24) is 4.98 Å². The predicted molar refractivity (Wildman–Crippen MR) is 76.8 cm³/mol. The van der Waals surface area contributed by atoms with E-state index in [9.17, 15) is 0 Å². The van der Waals surface area contributed by atoms with Crippen molar-refractivity contribution < 1.29 is 0 Å². The van der Waals surface area contributed by atoms with Crippen LogP contribution in [0, 0.1) is 5.92 Å². The standard InChI is InChI=1S/C15H19N3/c1-18(10-11-5-4-6-11)15-12-7-2-3-8-14(12)17-9-13(15)16/h2-3,7-9,11H,4-6,10,16H2,1H3. The van der Waals surface area contributed by atoms with Gasteiger partial charge in [-0.25, -0.2) is 0 Å². The molecule has 0 bridgehead atoms. The van der Waals surface area contributed by atoms with Gasteiger partial charge in [-0.2, -0.15) is 0 Å². The molecule has 1 aromatic heterocycles. The fourth-order valence-corrected chi connectivity index (χ4v) is 2.72. The van der Waals surface area contributed by atoms with Crippen LogP contribution in [0.15, 0.2) is 30.5 Å². The van der Waals surface area contributed by atoms with Crippen LogP contribution in [0.1, 0.15) is 19.3 Å². The predicted octanol–water partition coefficient (Wildman–Crippen LogP) is 3.05. The van der Waals surface area contributed by atoms with Gasteiger partial charge in [0.15, 0.2) is 0 Å². The summed E-state index contributed by atoms with van der Waals surface area (Å²) in [5, 5.41) is 1.15. The van der Waals surface area contributed by atoms with Crippen LogP contribution >= 0.6 is 0 Å². The highest BCUT2D eigenvalue weighted by Crippen LogP contribution is 2.34. The van der Waals surface area contributed by atoms with Gasteiger partial charge in [-0.1, -0.05) is 24.6 Å². The number of aromatic nitrogens is 1. The van der Waals surface area contributed by atoms with E-state index in [2.05, 4.69) is 23.0 Å². The molecule has 3 nitrogen and oxygen atoms in total. The molecule has 1 aliphatic rings. The van der Waals surface area contributed by atoms with Crippen LogP contribution in [0.5, 0.6) is 0 Å². The van der Waals surface area contributed by atoms with Crippen molar-refractivity contribution in [2.45, 2.75) is 19.3 Å². The van der Waals surface area contributed by atoms with E-state index in [1.807, 2.05) is 18.2 Å². The fourth-order valence-electron chi connectivity index (χ4n) is 2.72. The second-order valence-corrected chi connectivity index (χ2v) is 5.26. The van der Waals surface area contributed by atoms with Crippen molar-refractivity contribution in [3.05, 3.63) is 30.5 Å². The molecule has 0 spiro atoms. The van der Waals surface area contributed by atoms with Crippen molar-refractivity contribution in [3.8, 4) is 0 Å². The first-order valence-electron chi connectivity index (χ1n) is 6.60. The number of nitrogens with two attached hydrogens (primary N) is 1. The van der Waals surface area contributed by atoms with Gasteiger partial charge < -0.3 is 10.6 Å². The number of para-hydroxylation sites is 1. The van der Waals surface area contributed by atoms with Crippen molar-refractivity contribution in [2.24, 2.45) is 5.92 Å². The van der Waals surface area contributed by atoms with Gasteiger partial charge in [-0.3, -0.25) is 4.98 Å². The van der Waals surface area contributed by atoms with E-state index in [1.54, 1.807) is 6.20 Å². The van der Waals surface area contributed by atoms with Crippen LogP contribution in [0.25, 0.3) is 10.9 Å². The molecule has 0 radical (unpaired) electrons. The molecule has 0 unspecified atom stereocenters. The summed E-state index contributed by atoms with van der Waals surface area (Å²) in [6, 6.07) is 8.20. The van der Waals surface area contributed by atoms with Crippen molar-refractivity contribution in [3.63, 3.8) is 0 Å². The van der Waals surface area contributed by atoms with Crippen LogP contribution in [0.4, 0.5) is 11.4 Å². The highest BCUT2D eigenvalue weighted by molar-refractivity contribution is 5.97. The van der Waals surface area contributed by atoms with E-state index < -0.39 is 0 Å². The first kappa shape index (κ1) is 11.3. The maximum Gasteiger partial charge on any atom is 0.0745 e. The minimum absolute atomic E-state index is 0.774. The van der Waals surface area contributed by atoms with Gasteiger partial charge in [0.25, 0.3) is 0 Å². The molecular formula is C15H19N3. The molecule has 3 heteroatoms. The highest BCUT2D eigenvalue weighted by atomic mass is 15.1. The molecule has 1 heterocycles. The SMILES string of the molecule is CN(CC1CCC1)c1c(N)cnc2ccccc12. The minimum atomic E-state index is 0.774. The summed E-state index contributed by atoms with van der Waals surface area (Å²) in [5.41, 5.74) is 9.04. The molecule has 0 atom stereocenters. The zero-order chi connectivity index (χ0) is 12.5. The van der Waals surface area contributed by atoms with Gasteiger partial charge in [0.2, 0.25) is 0 Å². The van der Waals surface area contributed by atoms with Gasteiger partial charge >= 0.3 is 0 Å². The largest absolute Gasteiger partial charge is 0.396 e. The van der Waals surface area contributed by atoms with E-state index >= 15 is 0 Å². The van der Waals surface area contributed by atoms with E-state index in [0.717, 1.165) is 34.7 Å². The molecule has 2 N–H and O–H groups in total. The molecule has 94 valence electrons. The summed E-state index contributed by atoms with van der Waals surface area (Å²) < 4.78 is 0. The molecular weight excluding hydrogens is 222 g/mol. The molecule has 1 aromatic carbocycles. The first-order valence-corrected chi connectivity index (χ1v) is 6.60. The quantitative estimate of drug-likeness (QED) is 0.898. The maximum atomic E-state index is 6.12. The third-order valence-electron chi connectivity index (χ3n) is 3.91. The Labute approximate surface area is 108 Å². The Bertz CT molecular complexity index is 561. The molecule has 18 heavy (non-hydrogen) atoms. The molecule has 1 aliphatic carbocycles. The molecule has 1 fully saturated rings. The summed E-state index contributed by atoms with van der Waals surface area (Å²) in [5.74, 6) is 0.835. The molecule has 0 aliphatic heterocycles. The summed E-state index contributed by atoms with van der Waals surface area (Å²) >= 11 is 0. The second-order valence-electron chi connectivity index (χ2n) is 5.26. The van der Waals surface area contributed by atoms with Crippen LogP contribution in [0.2, 0.25) is 0 Å². The Morgan fingerprint density at radius 2 is 2.11 bits per heavy atom. The van der Waals surface area contributed by atoms with Gasteiger partial charge in [0, 0.05) is 19.0 Å². The van der Waals surface area contributed by atoms with E-state index in [4.69, 9.17) is 5.73 Å². The average molecular weight is 241 g/mol. The van der Waals surface area contributed by atoms with Gasteiger partial charge in [0.1, 0.15) is 0 Å². The lowest BCUT2D eigenvalue weighted by Gasteiger charge is -2.32. The van der Waals surface area contributed by atoms with Crippen LogP contribution in [-0.2, 0) is 0 Å². The molecule has 0 amide bonds. The first-order chi connectivity index (χ1) is 8.75. The topological polar surface area (TPSA) is 42.1 Å². The summed E-state index contributed by atoms with van der Waals surface area (Å²) in [6.45, 7) is 1.10. The maximum absolute atomic E-state index is 6.12. The van der Waals surface area contributed by atoms with E-state index in [-0.39, 0.29) is 0 Å². The number of pyridine rings is 1. The Kier molecular flexibility index (Phi) is 2.82. The number of rotatable bonds is 3. The second kappa shape index (κ2) is 4.48. The van der Waals surface area contributed by atoms with Crippen LogP contribution in [0.3, 0.4) is 0 Å². The van der Waals surface area contributed by atoms with E-state index in [0.29, 0.717) is 0 Å². The number of nitrogens with zero attached hydrogens (tertiary/aromatic N) is 2. The lowest BCUT2D eigenvalue weighted by molar-refractivity contribution is 0.321. The van der Waals surface area contributed by atoms with Crippen molar-refractivity contribution in [1.29, 1.82) is 0 Å². The zero-order valence-electron chi connectivity index (χ0n) is 10.8. The van der Waals surface area contributed by atoms with Gasteiger partial charge in [0.05, 0.1) is 23.1 Å². The molecule has 1 saturated carbocycles. The number of hydrogen-bond acceptors (Lipinski definition) is 3. The zero-order valence-corrected chi connectivity index (χ0v) is 10.8. The Morgan fingerprint density at radius 3 is 2.83 bits per heavy atom. The smallest absolute Gasteiger partial charge is 0.0745 e. The van der Waals surface area contributed by atoms with Crippen molar-refractivity contribution >= 4 is 22.3 Å². The summed E-state index contributed by atoms with van der Waals surface area (Å²) in [6.07, 6.45) is 5.86. The fraction of sp³-hybridized carbons (Fsp3) is 0.400. The molecule has 0 saturated heterocycles. The lowest BCUT2D eigenvalue weighted by Crippen LogP contribution is -2.30. The molecule has 3 rings (SSSR count). The normalized spacial score (nSPS) is 15.6. The number of hydrogen-bond donors (Lipinski definition) is 1. The monoisotopic (exact) mass is 241 g/mol. The average Bonchev–Trinajstić information content (AvgIpc) is 2.33. The van der Waals surface area contributed by atoms with Crippen LogP contribution < -0.4 is 10.6 Å². The number of anilines is 2. The minimum Gasteiger partial charge on any atom is -0.396 e. The third-order valence-corrected chi connectivity index (χ3v) is 3.91. The number of benzene rings is 1. The van der Waals surface area contributed by atoms with Gasteiger partial charge in [-0.15, -0.1) is 0 Å². The lowest BCUT2D eigenvalue weighted by atomic mass is 9.85. The Balaban J connectivity index is 2.00. The van der Waals surface area contributed by atoms with E-state index in [1.165, 1.54) is 19.3 Å². The Morgan fingerprint density at radius 1 is 1.33 bits per heavy atom. The van der Waals surface area contributed by atoms with Gasteiger partial charge in [-0.05, 0) is 24.8 Å². The summed E-state index contributed by atoms with van der Waals surface area (Å²) in [4.78, 5) is 6.68. The summed E-state index contributed by atoms with van der Waals surface area (Å²) in [7, 11) is 2.14. The highest BCUT2D eigenvalue weighted by Gasteiger charge is 2.21. The Hall–Kier alpha value is -1.77. The number of nitrogen functional groups attached to an aromatic ring is 1. The third kappa shape index (κ3) is 1.90. The molecule has 2 aromatic rings. The van der Waals surface area contributed by atoms with Crippen molar-refractivity contribution in [2.75, 3.05) is 24.2 Å². The number of fused-ring (bicyclic) bond motifs is 1.